The molecule has 2 aromatic heterocycles. The number of aromatic amines is 1. The summed E-state index contributed by atoms with van der Waals surface area (Å²) in [7, 11) is 0. The standard InChI is InChI=1S/C18H17N5OS3/c1-8-6-10(9(2)26-8)14-11(7-19)16(20)23(17-21-22-18(25)27-17)12-4-3-5-13(24)15(12)14/h6,14H,3-5,20H2,1-2H3,(H,22,25). The minimum absolute atomic E-state index is 0.0777. The van der Waals surface area contributed by atoms with Gasteiger partial charge in [-0.15, -0.1) is 16.4 Å². The highest BCUT2D eigenvalue weighted by atomic mass is 32.1. The summed E-state index contributed by atoms with van der Waals surface area (Å²) in [6, 6.07) is 4.34. The molecule has 0 saturated heterocycles. The van der Waals surface area contributed by atoms with Gasteiger partial charge in [-0.25, -0.2) is 0 Å². The van der Waals surface area contributed by atoms with Crippen molar-refractivity contribution in [1.82, 2.24) is 10.2 Å². The normalized spacial score (nSPS) is 20.1. The molecule has 3 heterocycles. The third kappa shape index (κ3) is 2.84. The Kier molecular flexibility index (Phi) is 4.50. The van der Waals surface area contributed by atoms with Crippen molar-refractivity contribution >= 4 is 45.8 Å². The maximum atomic E-state index is 13.0. The number of hydrogen-bond acceptors (Lipinski definition) is 8. The highest BCUT2D eigenvalue weighted by molar-refractivity contribution is 7.73. The van der Waals surface area contributed by atoms with E-state index >= 15 is 0 Å². The first kappa shape index (κ1) is 18.1. The number of nitrogens with zero attached hydrogens (tertiary/aromatic N) is 3. The van der Waals surface area contributed by atoms with Crippen molar-refractivity contribution in [2.24, 2.45) is 5.73 Å². The van der Waals surface area contributed by atoms with Crippen molar-refractivity contribution in [3.05, 3.63) is 48.0 Å². The number of Topliss-reactive ketones (excluding diaryl/α,β-unsaturated/α-hetero) is 1. The number of rotatable bonds is 2. The summed E-state index contributed by atoms with van der Waals surface area (Å²) in [5.74, 6) is -0.00301. The number of nitriles is 1. The molecule has 0 radical (unpaired) electrons. The third-order valence-electron chi connectivity index (χ3n) is 4.92. The first-order valence-corrected chi connectivity index (χ1v) is 10.5. The van der Waals surface area contributed by atoms with E-state index in [9.17, 15) is 10.1 Å². The SMILES string of the molecule is Cc1cc(C2C(C#N)=C(N)N(c3n[nH]c(=S)s3)C3=C2C(=O)CCC3)c(C)s1. The fraction of sp³-hybridized carbons (Fsp3) is 0.333. The van der Waals surface area contributed by atoms with Gasteiger partial charge in [-0.2, -0.15) is 5.26 Å². The van der Waals surface area contributed by atoms with Gasteiger partial charge >= 0.3 is 0 Å². The highest BCUT2D eigenvalue weighted by Crippen LogP contribution is 2.48. The van der Waals surface area contributed by atoms with Gasteiger partial charge in [-0.1, -0.05) is 11.3 Å². The third-order valence-corrected chi connectivity index (χ3v) is 6.98. The molecule has 2 aromatic rings. The highest BCUT2D eigenvalue weighted by Gasteiger charge is 2.41. The fourth-order valence-electron chi connectivity index (χ4n) is 3.87. The second-order valence-corrected chi connectivity index (χ2v) is 9.69. The molecule has 0 amide bonds. The predicted molar refractivity (Wildman–Crippen MR) is 109 cm³/mol. The molecular weight excluding hydrogens is 398 g/mol. The molecule has 27 heavy (non-hydrogen) atoms. The van der Waals surface area contributed by atoms with Crippen molar-refractivity contribution in [2.75, 3.05) is 4.90 Å². The Morgan fingerprint density at radius 3 is 2.78 bits per heavy atom. The molecule has 6 nitrogen and oxygen atoms in total. The van der Waals surface area contributed by atoms with Crippen molar-refractivity contribution in [1.29, 1.82) is 5.26 Å². The van der Waals surface area contributed by atoms with Gasteiger partial charge in [0.1, 0.15) is 5.82 Å². The van der Waals surface area contributed by atoms with Gasteiger partial charge in [0.2, 0.25) is 5.13 Å². The average molecular weight is 416 g/mol. The van der Waals surface area contributed by atoms with Crippen LogP contribution in [0.3, 0.4) is 0 Å². The molecule has 0 aromatic carbocycles. The molecule has 1 aliphatic carbocycles. The number of aryl methyl sites for hydroxylation is 2. The summed E-state index contributed by atoms with van der Waals surface area (Å²) in [6.45, 7) is 4.06. The molecule has 1 aliphatic heterocycles. The van der Waals surface area contributed by atoms with Gasteiger partial charge in [-0.3, -0.25) is 14.8 Å². The van der Waals surface area contributed by atoms with Gasteiger partial charge < -0.3 is 5.73 Å². The molecule has 1 atom stereocenters. The summed E-state index contributed by atoms with van der Waals surface area (Å²) >= 11 is 8.11. The minimum atomic E-state index is -0.411. The van der Waals surface area contributed by atoms with E-state index < -0.39 is 5.92 Å². The molecule has 0 bridgehead atoms. The number of H-pyrrole nitrogens is 1. The topological polar surface area (TPSA) is 98.8 Å². The first-order chi connectivity index (χ1) is 12.9. The number of thiophene rings is 1. The van der Waals surface area contributed by atoms with Crippen LogP contribution < -0.4 is 10.6 Å². The van der Waals surface area contributed by atoms with Crippen LogP contribution in [-0.2, 0) is 4.79 Å². The monoisotopic (exact) mass is 415 g/mol. The van der Waals surface area contributed by atoms with E-state index in [2.05, 4.69) is 22.3 Å². The van der Waals surface area contributed by atoms with E-state index in [0.29, 0.717) is 38.9 Å². The summed E-state index contributed by atoms with van der Waals surface area (Å²) < 4.78 is 0.520. The largest absolute Gasteiger partial charge is 0.384 e. The number of ketones is 1. The van der Waals surface area contributed by atoms with Crippen LogP contribution >= 0.6 is 34.9 Å². The number of anilines is 1. The van der Waals surface area contributed by atoms with Gasteiger partial charge in [0, 0.05) is 27.4 Å². The van der Waals surface area contributed by atoms with Gasteiger partial charge in [0.25, 0.3) is 0 Å². The molecule has 0 fully saturated rings. The zero-order chi connectivity index (χ0) is 19.3. The van der Waals surface area contributed by atoms with Crippen LogP contribution in [0.15, 0.2) is 28.7 Å². The fourth-order valence-corrected chi connectivity index (χ4v) is 5.75. The number of nitrogens with one attached hydrogen (secondary N) is 1. The van der Waals surface area contributed by atoms with Crippen molar-refractivity contribution < 1.29 is 4.79 Å². The van der Waals surface area contributed by atoms with Crippen LogP contribution in [0, 0.1) is 29.1 Å². The quantitative estimate of drug-likeness (QED) is 0.714. The van der Waals surface area contributed by atoms with E-state index in [1.165, 1.54) is 11.3 Å². The average Bonchev–Trinajstić information content (AvgIpc) is 3.18. The molecule has 0 spiro atoms. The van der Waals surface area contributed by atoms with Crippen LogP contribution in [0.25, 0.3) is 0 Å². The van der Waals surface area contributed by atoms with E-state index in [4.69, 9.17) is 18.0 Å². The molecule has 2 aliphatic rings. The van der Waals surface area contributed by atoms with E-state index in [-0.39, 0.29) is 5.78 Å². The molecule has 3 N–H and O–H groups in total. The Hall–Kier alpha value is -2.28. The maximum absolute atomic E-state index is 13.0. The van der Waals surface area contributed by atoms with Crippen LogP contribution in [0.1, 0.15) is 40.5 Å². The zero-order valence-electron chi connectivity index (χ0n) is 14.8. The van der Waals surface area contributed by atoms with Crippen LogP contribution in [-0.4, -0.2) is 16.0 Å². The lowest BCUT2D eigenvalue weighted by Gasteiger charge is -2.38. The zero-order valence-corrected chi connectivity index (χ0v) is 17.3. The van der Waals surface area contributed by atoms with Crippen molar-refractivity contribution in [2.45, 2.75) is 39.0 Å². The van der Waals surface area contributed by atoms with Crippen molar-refractivity contribution in [3.63, 3.8) is 0 Å². The lowest BCUT2D eigenvalue weighted by Crippen LogP contribution is -2.38. The number of hydrogen-bond donors (Lipinski definition) is 2. The van der Waals surface area contributed by atoms with Crippen LogP contribution in [0.5, 0.6) is 0 Å². The van der Waals surface area contributed by atoms with Gasteiger partial charge in [0.05, 0.1) is 17.6 Å². The molecule has 9 heteroatoms. The molecule has 138 valence electrons. The molecule has 1 unspecified atom stereocenters. The Labute approximate surface area is 169 Å². The predicted octanol–water partition coefficient (Wildman–Crippen LogP) is 4.18. The smallest absolute Gasteiger partial charge is 0.216 e. The van der Waals surface area contributed by atoms with Crippen molar-refractivity contribution in [3.8, 4) is 6.07 Å². The van der Waals surface area contributed by atoms with E-state index in [1.807, 2.05) is 13.8 Å². The number of nitrogens with two attached hydrogens (primary N) is 1. The number of allylic oxidation sites excluding steroid dienone is 3. The number of carbonyl (C=O) groups excluding carboxylic acids is 1. The lowest BCUT2D eigenvalue weighted by molar-refractivity contribution is -0.116. The lowest BCUT2D eigenvalue weighted by atomic mass is 9.76. The molecule has 0 saturated carbocycles. The Morgan fingerprint density at radius 2 is 2.19 bits per heavy atom. The maximum Gasteiger partial charge on any atom is 0.216 e. The second-order valence-electron chi connectivity index (χ2n) is 6.58. The molecule has 4 rings (SSSR count). The first-order valence-electron chi connectivity index (χ1n) is 8.51. The molecular formula is C18H17N5OS3. The van der Waals surface area contributed by atoms with Gasteiger partial charge in [0.15, 0.2) is 9.74 Å². The minimum Gasteiger partial charge on any atom is -0.384 e. The van der Waals surface area contributed by atoms with E-state index in [1.54, 1.807) is 16.2 Å². The second kappa shape index (κ2) is 6.71. The Bertz CT molecular complexity index is 1110. The summed E-state index contributed by atoms with van der Waals surface area (Å²) in [4.78, 5) is 17.0. The van der Waals surface area contributed by atoms with Gasteiger partial charge in [-0.05, 0) is 50.5 Å². The number of aromatic nitrogens is 2. The van der Waals surface area contributed by atoms with Crippen LogP contribution in [0.4, 0.5) is 5.13 Å². The Balaban J connectivity index is 2.00. The number of carbonyl (C=O) groups is 1. The summed E-state index contributed by atoms with van der Waals surface area (Å²) in [6.07, 6.45) is 1.96. The summed E-state index contributed by atoms with van der Waals surface area (Å²) in [5, 5.41) is 17.5. The van der Waals surface area contributed by atoms with E-state index in [0.717, 1.165) is 27.4 Å². The van der Waals surface area contributed by atoms with Crippen LogP contribution in [0.2, 0.25) is 0 Å². The summed E-state index contributed by atoms with van der Waals surface area (Å²) in [5.41, 5.74) is 9.38. The Morgan fingerprint density at radius 1 is 1.41 bits per heavy atom.